The van der Waals surface area contributed by atoms with Gasteiger partial charge in [-0.2, -0.15) is 5.10 Å². The Morgan fingerprint density at radius 2 is 2.23 bits per heavy atom. The maximum atomic E-state index is 13.1. The summed E-state index contributed by atoms with van der Waals surface area (Å²) in [6, 6.07) is 0. The molecule has 1 atom stereocenters. The van der Waals surface area contributed by atoms with E-state index in [0.29, 0.717) is 5.56 Å². The Bertz CT molecular complexity index is 275. The Labute approximate surface area is 77.7 Å². The number of hydrogen-bond acceptors (Lipinski definition) is 2. The molecule has 13 heavy (non-hydrogen) atoms. The van der Waals surface area contributed by atoms with E-state index in [4.69, 9.17) is 5.73 Å². The quantitative estimate of drug-likeness (QED) is 0.760. The summed E-state index contributed by atoms with van der Waals surface area (Å²) < 4.78 is 14.8. The molecule has 74 valence electrons. The van der Waals surface area contributed by atoms with Crippen molar-refractivity contribution in [3.8, 4) is 0 Å². The highest BCUT2D eigenvalue weighted by molar-refractivity contribution is 5.09. The molecule has 0 aliphatic rings. The van der Waals surface area contributed by atoms with Crippen LogP contribution in [0.25, 0.3) is 0 Å². The molecule has 1 heterocycles. The first kappa shape index (κ1) is 10.2. The van der Waals surface area contributed by atoms with Crippen molar-refractivity contribution in [2.75, 3.05) is 6.54 Å². The fourth-order valence-electron chi connectivity index (χ4n) is 1.00. The lowest BCUT2D eigenvalue weighted by atomic mass is 10.1. The first-order chi connectivity index (χ1) is 5.95. The first-order valence-electron chi connectivity index (χ1n) is 4.34. The third-order valence-electron chi connectivity index (χ3n) is 1.86. The van der Waals surface area contributed by atoms with Gasteiger partial charge in [0.2, 0.25) is 0 Å². The van der Waals surface area contributed by atoms with Gasteiger partial charge in [-0.3, -0.25) is 4.68 Å². The minimum absolute atomic E-state index is 0.00976. The van der Waals surface area contributed by atoms with E-state index in [1.54, 1.807) is 10.9 Å². The SMILES string of the molecule is CC(C)(C)n1cc(C(F)CN)cn1. The van der Waals surface area contributed by atoms with Crippen molar-refractivity contribution >= 4 is 0 Å². The standard InChI is InChI=1S/C9H16FN3/c1-9(2,3)13-6-7(5-12-13)8(10)4-11/h5-6,8H,4,11H2,1-3H3. The molecule has 1 aromatic rings. The second-order valence-corrected chi connectivity index (χ2v) is 4.09. The second kappa shape index (κ2) is 3.46. The smallest absolute Gasteiger partial charge is 0.140 e. The zero-order valence-corrected chi connectivity index (χ0v) is 8.29. The molecule has 1 unspecified atom stereocenters. The number of rotatable bonds is 2. The Morgan fingerprint density at radius 3 is 2.62 bits per heavy atom. The van der Waals surface area contributed by atoms with E-state index >= 15 is 0 Å². The van der Waals surface area contributed by atoms with Gasteiger partial charge in [0, 0.05) is 18.3 Å². The zero-order valence-electron chi connectivity index (χ0n) is 8.29. The molecule has 1 rings (SSSR count). The van der Waals surface area contributed by atoms with Crippen molar-refractivity contribution in [2.45, 2.75) is 32.5 Å². The number of hydrogen-bond donors (Lipinski definition) is 1. The van der Waals surface area contributed by atoms with Gasteiger partial charge in [0.1, 0.15) is 6.17 Å². The van der Waals surface area contributed by atoms with Crippen LogP contribution in [-0.2, 0) is 5.54 Å². The molecule has 4 heteroatoms. The van der Waals surface area contributed by atoms with Gasteiger partial charge >= 0.3 is 0 Å². The van der Waals surface area contributed by atoms with Gasteiger partial charge in [-0.15, -0.1) is 0 Å². The lowest BCUT2D eigenvalue weighted by molar-refractivity contribution is 0.343. The molecule has 1 aromatic heterocycles. The van der Waals surface area contributed by atoms with Crippen LogP contribution < -0.4 is 5.73 Å². The topological polar surface area (TPSA) is 43.8 Å². The van der Waals surface area contributed by atoms with Crippen LogP contribution in [0.1, 0.15) is 32.5 Å². The van der Waals surface area contributed by atoms with Crippen LogP contribution in [0.2, 0.25) is 0 Å². The molecule has 0 aliphatic carbocycles. The summed E-state index contributed by atoms with van der Waals surface area (Å²) in [4.78, 5) is 0. The van der Waals surface area contributed by atoms with E-state index in [0.717, 1.165) is 0 Å². The minimum Gasteiger partial charge on any atom is -0.327 e. The van der Waals surface area contributed by atoms with Gasteiger partial charge in [-0.25, -0.2) is 4.39 Å². The molecule has 0 spiro atoms. The predicted octanol–water partition coefficient (Wildman–Crippen LogP) is 1.61. The molecular formula is C9H16FN3. The Morgan fingerprint density at radius 1 is 1.62 bits per heavy atom. The van der Waals surface area contributed by atoms with Crippen molar-refractivity contribution in [3.05, 3.63) is 18.0 Å². The Kier molecular flexibility index (Phi) is 2.71. The molecule has 0 saturated carbocycles. The lowest BCUT2D eigenvalue weighted by Gasteiger charge is -2.18. The highest BCUT2D eigenvalue weighted by Gasteiger charge is 2.16. The molecule has 0 fully saturated rings. The molecule has 0 bridgehead atoms. The lowest BCUT2D eigenvalue weighted by Crippen LogP contribution is -2.22. The Hall–Kier alpha value is -0.900. The fraction of sp³-hybridized carbons (Fsp3) is 0.667. The monoisotopic (exact) mass is 185 g/mol. The van der Waals surface area contributed by atoms with Crippen molar-refractivity contribution in [1.29, 1.82) is 0 Å². The van der Waals surface area contributed by atoms with Gasteiger partial charge in [-0.1, -0.05) is 0 Å². The molecule has 0 amide bonds. The zero-order chi connectivity index (χ0) is 10.1. The van der Waals surface area contributed by atoms with Gasteiger partial charge in [0.05, 0.1) is 11.7 Å². The van der Waals surface area contributed by atoms with Crippen molar-refractivity contribution < 1.29 is 4.39 Å². The highest BCUT2D eigenvalue weighted by Crippen LogP contribution is 2.19. The average Bonchev–Trinajstić information content (AvgIpc) is 2.50. The number of aromatic nitrogens is 2. The van der Waals surface area contributed by atoms with Gasteiger partial charge < -0.3 is 5.73 Å². The molecular weight excluding hydrogens is 169 g/mol. The maximum Gasteiger partial charge on any atom is 0.140 e. The van der Waals surface area contributed by atoms with Crippen molar-refractivity contribution in [2.24, 2.45) is 5.73 Å². The molecule has 2 N–H and O–H groups in total. The number of nitrogens with zero attached hydrogens (tertiary/aromatic N) is 2. The third kappa shape index (κ3) is 2.28. The van der Waals surface area contributed by atoms with Crippen LogP contribution in [0.15, 0.2) is 12.4 Å². The Balaban J connectivity index is 2.87. The summed E-state index contributed by atoms with van der Waals surface area (Å²) in [6.07, 6.45) is 2.14. The van der Waals surface area contributed by atoms with E-state index < -0.39 is 6.17 Å². The van der Waals surface area contributed by atoms with Crippen LogP contribution in [0.5, 0.6) is 0 Å². The summed E-state index contributed by atoms with van der Waals surface area (Å²) in [5.74, 6) is 0. The van der Waals surface area contributed by atoms with Crippen LogP contribution in [0.3, 0.4) is 0 Å². The maximum absolute atomic E-state index is 13.1. The molecule has 0 saturated heterocycles. The summed E-state index contributed by atoms with van der Waals surface area (Å²) in [6.45, 7) is 6.05. The van der Waals surface area contributed by atoms with Crippen LogP contribution in [0, 0.1) is 0 Å². The van der Waals surface area contributed by atoms with Crippen molar-refractivity contribution in [1.82, 2.24) is 9.78 Å². The van der Waals surface area contributed by atoms with Crippen LogP contribution >= 0.6 is 0 Å². The number of alkyl halides is 1. The van der Waals surface area contributed by atoms with Gasteiger partial charge in [0.25, 0.3) is 0 Å². The summed E-state index contributed by atoms with van der Waals surface area (Å²) >= 11 is 0. The first-order valence-corrected chi connectivity index (χ1v) is 4.34. The van der Waals surface area contributed by atoms with Gasteiger partial charge in [-0.05, 0) is 20.8 Å². The van der Waals surface area contributed by atoms with Crippen molar-refractivity contribution in [3.63, 3.8) is 0 Å². The third-order valence-corrected chi connectivity index (χ3v) is 1.86. The fourth-order valence-corrected chi connectivity index (χ4v) is 1.00. The molecule has 0 radical (unpaired) electrons. The molecule has 3 nitrogen and oxygen atoms in total. The summed E-state index contributed by atoms with van der Waals surface area (Å²) in [5, 5.41) is 4.08. The average molecular weight is 185 g/mol. The second-order valence-electron chi connectivity index (χ2n) is 4.09. The largest absolute Gasteiger partial charge is 0.327 e. The van der Waals surface area contributed by atoms with Gasteiger partial charge in [0.15, 0.2) is 0 Å². The minimum atomic E-state index is -1.10. The normalized spacial score (nSPS) is 14.5. The van der Waals surface area contributed by atoms with E-state index in [2.05, 4.69) is 5.10 Å². The predicted molar refractivity (Wildman–Crippen MR) is 50.1 cm³/mol. The number of nitrogens with two attached hydrogens (primary N) is 1. The summed E-state index contributed by atoms with van der Waals surface area (Å²) in [7, 11) is 0. The molecule has 0 aromatic carbocycles. The van der Waals surface area contributed by atoms with Crippen LogP contribution in [-0.4, -0.2) is 16.3 Å². The highest BCUT2D eigenvalue weighted by atomic mass is 19.1. The van der Waals surface area contributed by atoms with E-state index in [1.807, 2.05) is 20.8 Å². The van der Waals surface area contributed by atoms with E-state index in [-0.39, 0.29) is 12.1 Å². The number of halogens is 1. The summed E-state index contributed by atoms with van der Waals surface area (Å²) in [5.41, 5.74) is 5.66. The van der Waals surface area contributed by atoms with E-state index in [9.17, 15) is 4.39 Å². The van der Waals surface area contributed by atoms with E-state index in [1.165, 1.54) is 6.20 Å². The van der Waals surface area contributed by atoms with Crippen LogP contribution in [0.4, 0.5) is 4.39 Å². The molecule has 0 aliphatic heterocycles.